The van der Waals surface area contributed by atoms with Gasteiger partial charge in [-0.1, -0.05) is 157 Å². The van der Waals surface area contributed by atoms with Crippen LogP contribution in [0.2, 0.25) is 0 Å². The Morgan fingerprint density at radius 1 is 0.408 bits per heavy atom. The summed E-state index contributed by atoms with van der Waals surface area (Å²) in [5, 5.41) is -0.662. The fourth-order valence-electron chi connectivity index (χ4n) is 5.76. The highest BCUT2D eigenvalue weighted by molar-refractivity contribution is 6.14. The fraction of sp³-hybridized carbons (Fsp3) is 0. The molecule has 0 radical (unpaired) electrons. The molecule has 7 aromatic carbocycles. The number of nitrogens with zero attached hydrogens (tertiary/aromatic N) is 4. The van der Waals surface area contributed by atoms with Gasteiger partial charge in [-0.3, -0.25) is 0 Å². The number of hydrogen-bond acceptors (Lipinski definition) is 3. The molecule has 230 valence electrons. The molecule has 0 spiro atoms. The van der Waals surface area contributed by atoms with E-state index < -0.39 is 114 Å². The first kappa shape index (κ1) is 16.0. The summed E-state index contributed by atoms with van der Waals surface area (Å²) in [6, 6.07) is 9.96. The van der Waals surface area contributed by atoms with Crippen LogP contribution in [-0.2, 0) is 0 Å². The lowest BCUT2D eigenvalue weighted by Gasteiger charge is -2.17. The van der Waals surface area contributed by atoms with Crippen LogP contribution >= 0.6 is 0 Å². The van der Waals surface area contributed by atoms with Gasteiger partial charge < -0.3 is 4.57 Å². The predicted octanol–water partition coefficient (Wildman–Crippen LogP) is 11.3. The Kier molecular flexibility index (Phi) is 3.97. The number of hydrogen-bond donors (Lipinski definition) is 0. The third-order valence-electron chi connectivity index (χ3n) is 7.93. The molecular weight excluding hydrogens is 597 g/mol. The Balaban J connectivity index is 1.51. The molecule has 0 fully saturated rings. The van der Waals surface area contributed by atoms with Crippen molar-refractivity contribution in [2.45, 2.75) is 0 Å². The molecule has 9 aromatic rings. The highest BCUT2D eigenvalue weighted by atomic mass is 15.0. The third-order valence-corrected chi connectivity index (χ3v) is 7.93. The van der Waals surface area contributed by atoms with E-state index in [1.807, 2.05) is 12.1 Å². The van der Waals surface area contributed by atoms with Gasteiger partial charge in [-0.05, 0) is 35.4 Å². The van der Waals surface area contributed by atoms with E-state index in [2.05, 4.69) is 0 Å². The predicted molar refractivity (Wildman–Crippen MR) is 201 cm³/mol. The molecule has 0 N–H and O–H groups in total. The highest BCUT2D eigenvalue weighted by Crippen LogP contribution is 2.41. The van der Waals surface area contributed by atoms with Crippen LogP contribution in [-0.4, -0.2) is 19.5 Å². The molecular formula is C45H30N4. The van der Waals surface area contributed by atoms with Crippen LogP contribution in [0.15, 0.2) is 182 Å². The maximum Gasteiger partial charge on any atom is 0.164 e. The molecule has 0 unspecified atom stereocenters. The SMILES string of the molecule is [2H]c1c([2H])c([2H])c(-c2cc(-c3nc(-c4ccccc4)nc(-c4ccccc4)n3)ccc2-n2c3c([2H])c([2H])c([2H])c([2H])c3c3c([2H])c([2H])c([2H])c(-c4c([2H])c([2H])c([2H])c([2H])c4[2H])c32)c([2H])c1[2H]. The second-order valence-corrected chi connectivity index (χ2v) is 10.8. The second-order valence-electron chi connectivity index (χ2n) is 10.8. The van der Waals surface area contributed by atoms with Crippen molar-refractivity contribution < 1.29 is 23.3 Å². The minimum Gasteiger partial charge on any atom is -0.308 e. The van der Waals surface area contributed by atoms with E-state index in [0.717, 1.165) is 0 Å². The molecule has 4 nitrogen and oxygen atoms in total. The van der Waals surface area contributed by atoms with Crippen LogP contribution in [0.3, 0.4) is 0 Å². The normalized spacial score (nSPS) is 16.1. The highest BCUT2D eigenvalue weighted by Gasteiger charge is 2.20. The van der Waals surface area contributed by atoms with E-state index in [9.17, 15) is 6.85 Å². The molecule has 0 aliphatic carbocycles. The zero-order valence-corrected chi connectivity index (χ0v) is 25.3. The van der Waals surface area contributed by atoms with Gasteiger partial charge in [0.05, 0.1) is 40.0 Å². The molecule has 0 aliphatic heterocycles. The largest absolute Gasteiger partial charge is 0.308 e. The van der Waals surface area contributed by atoms with Crippen molar-refractivity contribution in [3.63, 3.8) is 0 Å². The molecule has 0 amide bonds. The molecule has 0 aliphatic rings. The van der Waals surface area contributed by atoms with Crippen LogP contribution < -0.4 is 0 Å². The number of para-hydroxylation sites is 2. The van der Waals surface area contributed by atoms with Crippen molar-refractivity contribution in [2.24, 2.45) is 0 Å². The van der Waals surface area contributed by atoms with E-state index in [-0.39, 0.29) is 61.7 Å². The standard InChI is InChI=1S/C45H30N4/c1-5-16-31(17-6-1)36-25-15-26-38-37-24-13-14-27-40(37)49(42(36)38)41-29-28-35(30-39(41)32-18-7-2-8-19-32)45-47-43(33-20-9-3-10-21-33)46-44(48-45)34-22-11-4-12-23-34/h1-30H/i1D,2D,5D,6D,7D,8D,13D,14D,15D,16D,17D,18D,19D,24D,25D,26D,27D. The maximum atomic E-state index is 9.31. The van der Waals surface area contributed by atoms with Gasteiger partial charge in [0, 0.05) is 38.6 Å². The monoisotopic (exact) mass is 643 g/mol. The quantitative estimate of drug-likeness (QED) is 0.181. The van der Waals surface area contributed by atoms with Gasteiger partial charge in [-0.25, -0.2) is 15.0 Å². The van der Waals surface area contributed by atoms with E-state index in [1.165, 1.54) is 22.8 Å². The van der Waals surface area contributed by atoms with Crippen molar-refractivity contribution in [1.29, 1.82) is 0 Å². The Morgan fingerprint density at radius 2 is 0.939 bits per heavy atom. The summed E-state index contributed by atoms with van der Waals surface area (Å²) in [5.74, 6) is 0.617. The summed E-state index contributed by atoms with van der Waals surface area (Å²) >= 11 is 0. The van der Waals surface area contributed by atoms with Gasteiger partial charge in [-0.2, -0.15) is 0 Å². The Bertz CT molecular complexity index is 3450. The zero-order valence-electron chi connectivity index (χ0n) is 42.3. The first-order chi connectivity index (χ1) is 31.4. The lowest BCUT2D eigenvalue weighted by atomic mass is 9.99. The van der Waals surface area contributed by atoms with Crippen molar-refractivity contribution >= 4 is 21.8 Å². The zero-order chi connectivity index (χ0) is 47.4. The van der Waals surface area contributed by atoms with Crippen LogP contribution in [0, 0.1) is 0 Å². The van der Waals surface area contributed by atoms with Gasteiger partial charge in [0.2, 0.25) is 0 Å². The summed E-state index contributed by atoms with van der Waals surface area (Å²) in [5.41, 5.74) is -0.955. The summed E-state index contributed by atoms with van der Waals surface area (Å²) in [7, 11) is 0. The molecule has 0 saturated heterocycles. The van der Waals surface area contributed by atoms with Gasteiger partial charge >= 0.3 is 0 Å². The van der Waals surface area contributed by atoms with Crippen molar-refractivity contribution in [1.82, 2.24) is 19.5 Å². The van der Waals surface area contributed by atoms with E-state index >= 15 is 0 Å². The van der Waals surface area contributed by atoms with Crippen LogP contribution in [0.25, 0.3) is 83.9 Å². The summed E-state index contributed by atoms with van der Waals surface area (Å²) in [6.07, 6.45) is 0. The summed E-state index contributed by atoms with van der Waals surface area (Å²) in [4.78, 5) is 14.4. The molecule has 0 saturated carbocycles. The molecule has 2 aromatic heterocycles. The third kappa shape index (κ3) is 5.16. The van der Waals surface area contributed by atoms with Crippen LogP contribution in [0.5, 0.6) is 0 Å². The molecule has 49 heavy (non-hydrogen) atoms. The van der Waals surface area contributed by atoms with Gasteiger partial charge in [0.25, 0.3) is 0 Å². The van der Waals surface area contributed by atoms with Crippen molar-refractivity contribution in [2.75, 3.05) is 0 Å². The molecule has 9 rings (SSSR count). The number of benzene rings is 7. The topological polar surface area (TPSA) is 43.6 Å². The summed E-state index contributed by atoms with van der Waals surface area (Å²) in [6.45, 7) is 0. The molecule has 4 heteroatoms. The second kappa shape index (κ2) is 12.2. The minimum atomic E-state index is -0.793. The Labute approximate surface area is 308 Å². The van der Waals surface area contributed by atoms with E-state index in [0.29, 0.717) is 11.1 Å². The van der Waals surface area contributed by atoms with E-state index in [4.69, 9.17) is 31.4 Å². The molecule has 0 atom stereocenters. The first-order valence-corrected chi connectivity index (χ1v) is 15.1. The average molecular weight is 644 g/mol. The lowest BCUT2D eigenvalue weighted by molar-refractivity contribution is 1.07. The van der Waals surface area contributed by atoms with Gasteiger partial charge in [0.1, 0.15) is 0 Å². The number of rotatable bonds is 6. The van der Waals surface area contributed by atoms with Crippen LogP contribution in [0.1, 0.15) is 23.3 Å². The summed E-state index contributed by atoms with van der Waals surface area (Å²) < 4.78 is 152. The Morgan fingerprint density at radius 3 is 1.57 bits per heavy atom. The number of fused-ring (bicyclic) bond motifs is 3. The number of aromatic nitrogens is 4. The minimum absolute atomic E-state index is 0.0765. The first-order valence-electron chi connectivity index (χ1n) is 23.6. The van der Waals surface area contributed by atoms with Crippen molar-refractivity contribution in [3.8, 4) is 62.1 Å². The maximum absolute atomic E-state index is 9.31. The van der Waals surface area contributed by atoms with Gasteiger partial charge in [-0.15, -0.1) is 0 Å². The fourth-order valence-corrected chi connectivity index (χ4v) is 5.76. The van der Waals surface area contributed by atoms with Gasteiger partial charge in [0.15, 0.2) is 17.5 Å². The molecule has 2 heterocycles. The molecule has 0 bridgehead atoms. The smallest absolute Gasteiger partial charge is 0.164 e. The van der Waals surface area contributed by atoms with E-state index in [1.54, 1.807) is 48.5 Å². The lowest BCUT2D eigenvalue weighted by Crippen LogP contribution is -2.02. The average Bonchev–Trinajstić information content (AvgIpc) is 3.69. The van der Waals surface area contributed by atoms with Crippen molar-refractivity contribution in [3.05, 3.63) is 182 Å². The van der Waals surface area contributed by atoms with Crippen LogP contribution in [0.4, 0.5) is 0 Å². The Hall–Kier alpha value is -6.65.